The van der Waals surface area contributed by atoms with Gasteiger partial charge in [0, 0.05) is 6.54 Å². The second-order valence-electron chi connectivity index (χ2n) is 3.81. The van der Waals surface area contributed by atoms with Gasteiger partial charge in [0.2, 0.25) is 5.91 Å². The van der Waals surface area contributed by atoms with E-state index in [1.165, 1.54) is 35.2 Å². The standard InChI is InChI=1S/C12H12FN3OS2/c1-8(19-12-16-15-7-18-12)11(17)14-6-9-2-4-10(13)5-3-9/h2-5,7-8H,6H2,1H3,(H,14,17)/t8-/m0/s1. The highest BCUT2D eigenvalue weighted by Crippen LogP contribution is 2.24. The molecule has 0 spiro atoms. The molecule has 1 heterocycles. The van der Waals surface area contributed by atoms with Crippen molar-refractivity contribution in [2.75, 3.05) is 0 Å². The maximum absolute atomic E-state index is 12.7. The zero-order chi connectivity index (χ0) is 13.7. The highest BCUT2D eigenvalue weighted by Gasteiger charge is 2.15. The molecule has 0 aliphatic rings. The minimum absolute atomic E-state index is 0.0791. The van der Waals surface area contributed by atoms with Crippen LogP contribution in [-0.2, 0) is 11.3 Å². The number of thioether (sulfide) groups is 1. The van der Waals surface area contributed by atoms with Crippen LogP contribution in [0.15, 0.2) is 34.1 Å². The van der Waals surface area contributed by atoms with Gasteiger partial charge in [0.25, 0.3) is 0 Å². The largest absolute Gasteiger partial charge is 0.351 e. The Morgan fingerprint density at radius 3 is 2.84 bits per heavy atom. The molecule has 0 radical (unpaired) electrons. The molecule has 100 valence electrons. The fraction of sp³-hybridized carbons (Fsp3) is 0.250. The Hall–Kier alpha value is -1.47. The molecule has 0 fully saturated rings. The molecule has 2 rings (SSSR count). The summed E-state index contributed by atoms with van der Waals surface area (Å²) in [6, 6.07) is 6.05. The van der Waals surface area contributed by atoms with Gasteiger partial charge in [0.15, 0.2) is 4.34 Å². The van der Waals surface area contributed by atoms with Crippen molar-refractivity contribution in [1.82, 2.24) is 15.5 Å². The monoisotopic (exact) mass is 297 g/mol. The lowest BCUT2D eigenvalue weighted by atomic mass is 10.2. The number of nitrogens with zero attached hydrogens (tertiary/aromatic N) is 2. The molecule has 0 aliphatic carbocycles. The third kappa shape index (κ3) is 4.29. The fourth-order valence-corrected chi connectivity index (χ4v) is 3.00. The maximum atomic E-state index is 12.7. The van der Waals surface area contributed by atoms with Crippen molar-refractivity contribution in [1.29, 1.82) is 0 Å². The number of hydrogen-bond donors (Lipinski definition) is 1. The quantitative estimate of drug-likeness (QED) is 0.861. The van der Waals surface area contributed by atoms with Crippen molar-refractivity contribution < 1.29 is 9.18 Å². The van der Waals surface area contributed by atoms with E-state index in [0.717, 1.165) is 9.90 Å². The van der Waals surface area contributed by atoms with Crippen LogP contribution in [0.3, 0.4) is 0 Å². The molecule has 0 unspecified atom stereocenters. The highest BCUT2D eigenvalue weighted by molar-refractivity contribution is 8.02. The molecule has 0 aliphatic heterocycles. The van der Waals surface area contributed by atoms with E-state index in [1.807, 2.05) is 6.92 Å². The Morgan fingerprint density at radius 1 is 1.47 bits per heavy atom. The average Bonchev–Trinajstić information content (AvgIpc) is 2.90. The number of rotatable bonds is 5. The van der Waals surface area contributed by atoms with E-state index in [1.54, 1.807) is 17.6 Å². The van der Waals surface area contributed by atoms with Gasteiger partial charge in [0.05, 0.1) is 5.25 Å². The third-order valence-corrected chi connectivity index (χ3v) is 4.28. The molecular formula is C12H12FN3OS2. The molecule has 0 saturated heterocycles. The lowest BCUT2D eigenvalue weighted by molar-refractivity contribution is -0.120. The number of hydrogen-bond acceptors (Lipinski definition) is 5. The van der Waals surface area contributed by atoms with Gasteiger partial charge in [-0.2, -0.15) is 0 Å². The summed E-state index contributed by atoms with van der Waals surface area (Å²) < 4.78 is 13.5. The molecule has 7 heteroatoms. The first-order valence-corrected chi connectivity index (χ1v) is 7.36. The van der Waals surface area contributed by atoms with Crippen LogP contribution in [0, 0.1) is 5.82 Å². The summed E-state index contributed by atoms with van der Waals surface area (Å²) in [6.07, 6.45) is 0. The average molecular weight is 297 g/mol. The second-order valence-corrected chi connectivity index (χ2v) is 6.23. The van der Waals surface area contributed by atoms with E-state index < -0.39 is 0 Å². The van der Waals surface area contributed by atoms with Crippen LogP contribution < -0.4 is 5.32 Å². The zero-order valence-corrected chi connectivity index (χ0v) is 11.8. The number of amides is 1. The number of carbonyl (C=O) groups excluding carboxylic acids is 1. The first-order chi connectivity index (χ1) is 9.15. The summed E-state index contributed by atoms with van der Waals surface area (Å²) in [5, 5.41) is 10.2. The highest BCUT2D eigenvalue weighted by atomic mass is 32.2. The predicted octanol–water partition coefficient (Wildman–Crippen LogP) is 2.47. The number of carbonyl (C=O) groups is 1. The predicted molar refractivity (Wildman–Crippen MR) is 73.5 cm³/mol. The summed E-state index contributed by atoms with van der Waals surface area (Å²) in [7, 11) is 0. The molecule has 0 bridgehead atoms. The lowest BCUT2D eigenvalue weighted by Crippen LogP contribution is -2.30. The van der Waals surface area contributed by atoms with Crippen molar-refractivity contribution >= 4 is 29.0 Å². The summed E-state index contributed by atoms with van der Waals surface area (Å²) in [6.45, 7) is 2.20. The SMILES string of the molecule is C[C@H](Sc1nncs1)C(=O)NCc1ccc(F)cc1. The van der Waals surface area contributed by atoms with Gasteiger partial charge in [-0.3, -0.25) is 4.79 Å². The zero-order valence-electron chi connectivity index (χ0n) is 10.2. The Morgan fingerprint density at radius 2 is 2.21 bits per heavy atom. The van der Waals surface area contributed by atoms with Gasteiger partial charge in [-0.1, -0.05) is 35.2 Å². The van der Waals surface area contributed by atoms with Crippen LogP contribution in [0.1, 0.15) is 12.5 Å². The fourth-order valence-electron chi connectivity index (χ4n) is 1.35. The van der Waals surface area contributed by atoms with Gasteiger partial charge in [-0.15, -0.1) is 10.2 Å². The van der Waals surface area contributed by atoms with Crippen LogP contribution >= 0.6 is 23.1 Å². The first kappa shape index (κ1) is 14.0. The molecule has 1 N–H and O–H groups in total. The van der Waals surface area contributed by atoms with E-state index in [0.29, 0.717) is 6.54 Å². The van der Waals surface area contributed by atoms with Crippen molar-refractivity contribution in [3.8, 4) is 0 Å². The van der Waals surface area contributed by atoms with Crippen molar-refractivity contribution in [2.24, 2.45) is 0 Å². The molecule has 0 saturated carbocycles. The molecule has 1 amide bonds. The minimum atomic E-state index is -0.282. The Balaban J connectivity index is 1.82. The van der Waals surface area contributed by atoms with Gasteiger partial charge >= 0.3 is 0 Å². The van der Waals surface area contributed by atoms with E-state index in [-0.39, 0.29) is 17.0 Å². The smallest absolute Gasteiger partial charge is 0.233 e. The Kier molecular flexibility index (Phi) is 4.86. The number of halogens is 1. The first-order valence-electron chi connectivity index (χ1n) is 5.60. The molecule has 1 atom stereocenters. The summed E-state index contributed by atoms with van der Waals surface area (Å²) >= 11 is 2.77. The van der Waals surface area contributed by atoms with Crippen LogP contribution in [0.5, 0.6) is 0 Å². The van der Waals surface area contributed by atoms with Crippen LogP contribution in [0.4, 0.5) is 4.39 Å². The molecule has 2 aromatic rings. The van der Waals surface area contributed by atoms with Gasteiger partial charge < -0.3 is 5.32 Å². The van der Waals surface area contributed by atoms with E-state index in [2.05, 4.69) is 15.5 Å². The molecular weight excluding hydrogens is 285 g/mol. The van der Waals surface area contributed by atoms with Crippen LogP contribution in [0.2, 0.25) is 0 Å². The summed E-state index contributed by atoms with van der Waals surface area (Å²) in [5.74, 6) is -0.361. The van der Waals surface area contributed by atoms with E-state index in [4.69, 9.17) is 0 Å². The number of nitrogens with one attached hydrogen (secondary N) is 1. The molecule has 1 aromatic heterocycles. The minimum Gasteiger partial charge on any atom is -0.351 e. The van der Waals surface area contributed by atoms with Gasteiger partial charge in [-0.25, -0.2) is 4.39 Å². The Labute approximate surface area is 118 Å². The second kappa shape index (κ2) is 6.63. The van der Waals surface area contributed by atoms with Crippen molar-refractivity contribution in [3.63, 3.8) is 0 Å². The number of benzene rings is 1. The maximum Gasteiger partial charge on any atom is 0.233 e. The third-order valence-electron chi connectivity index (χ3n) is 2.37. The number of aromatic nitrogens is 2. The van der Waals surface area contributed by atoms with Gasteiger partial charge in [0.1, 0.15) is 11.3 Å². The van der Waals surface area contributed by atoms with Crippen LogP contribution in [-0.4, -0.2) is 21.4 Å². The summed E-state index contributed by atoms with van der Waals surface area (Å²) in [4.78, 5) is 11.9. The topological polar surface area (TPSA) is 54.9 Å². The lowest BCUT2D eigenvalue weighted by Gasteiger charge is -2.10. The molecule has 19 heavy (non-hydrogen) atoms. The van der Waals surface area contributed by atoms with E-state index >= 15 is 0 Å². The van der Waals surface area contributed by atoms with Crippen molar-refractivity contribution in [2.45, 2.75) is 23.1 Å². The summed E-state index contributed by atoms with van der Waals surface area (Å²) in [5.41, 5.74) is 2.49. The Bertz CT molecular complexity index is 530. The molecule has 1 aromatic carbocycles. The molecule has 4 nitrogen and oxygen atoms in total. The van der Waals surface area contributed by atoms with Crippen LogP contribution in [0.25, 0.3) is 0 Å². The van der Waals surface area contributed by atoms with Crippen molar-refractivity contribution in [3.05, 3.63) is 41.2 Å². The van der Waals surface area contributed by atoms with E-state index in [9.17, 15) is 9.18 Å². The van der Waals surface area contributed by atoms with Gasteiger partial charge in [-0.05, 0) is 24.6 Å². The normalized spacial score (nSPS) is 12.1.